The highest BCUT2D eigenvalue weighted by molar-refractivity contribution is 5.93. The Kier molecular flexibility index (Phi) is 4.47. The van der Waals surface area contributed by atoms with Crippen LogP contribution in [0.2, 0.25) is 0 Å². The summed E-state index contributed by atoms with van der Waals surface area (Å²) in [7, 11) is 0. The van der Waals surface area contributed by atoms with Gasteiger partial charge in [0, 0.05) is 0 Å². The van der Waals surface area contributed by atoms with Crippen LogP contribution < -0.4 is 0 Å². The van der Waals surface area contributed by atoms with E-state index in [9.17, 15) is 9.59 Å². The van der Waals surface area contributed by atoms with E-state index in [0.717, 1.165) is 6.42 Å². The van der Waals surface area contributed by atoms with Crippen molar-refractivity contribution in [1.82, 2.24) is 0 Å². The second-order valence-corrected chi connectivity index (χ2v) is 3.09. The average Bonchev–Trinajstić information content (AvgIpc) is 2.35. The maximum atomic E-state index is 11.4. The molecule has 0 aliphatic heterocycles. The summed E-state index contributed by atoms with van der Waals surface area (Å²) in [6, 6.07) is 5.62. The molecule has 0 aliphatic rings. The fourth-order valence-corrected chi connectivity index (χ4v) is 1.07. The highest BCUT2D eigenvalue weighted by Gasteiger charge is 2.10. The van der Waals surface area contributed by atoms with Crippen LogP contribution in [0.3, 0.4) is 0 Å². The van der Waals surface area contributed by atoms with E-state index in [-0.39, 0.29) is 5.56 Å². The van der Waals surface area contributed by atoms with Crippen LogP contribution in [0.15, 0.2) is 24.3 Å². The molecule has 0 atom stereocenters. The summed E-state index contributed by atoms with van der Waals surface area (Å²) in [4.78, 5) is 25.8. The molecule has 0 saturated heterocycles. The Labute approximate surface area is 92.5 Å². The number of ether oxygens (including phenoxy) is 1. The summed E-state index contributed by atoms with van der Waals surface area (Å²) in [5, 5.41) is 8.14. The van der Waals surface area contributed by atoms with E-state index in [1.807, 2.05) is 6.92 Å². The Morgan fingerprint density at radius 3 is 2.06 bits per heavy atom. The molecule has 1 aromatic carbocycles. The van der Waals surface area contributed by atoms with Crippen LogP contribution >= 0.6 is 0 Å². The van der Waals surface area contributed by atoms with Crippen molar-refractivity contribution in [3.63, 3.8) is 0 Å². The molecule has 0 radical (unpaired) electrons. The second-order valence-electron chi connectivity index (χ2n) is 3.09. The molecule has 5 nitrogen and oxygen atoms in total. The molecular weight excluding hydrogens is 212 g/mol. The number of esters is 1. The standard InChI is InChI=1S/C11H12O5/c1-2-7-15-10(12)8-3-5-9(6-4-8)11(13)16-14/h3-6,14H,2,7H2,1H3. The predicted molar refractivity (Wildman–Crippen MR) is 55.1 cm³/mol. The van der Waals surface area contributed by atoms with E-state index in [2.05, 4.69) is 4.89 Å². The summed E-state index contributed by atoms with van der Waals surface area (Å²) in [6.45, 7) is 2.26. The third-order valence-electron chi connectivity index (χ3n) is 1.88. The lowest BCUT2D eigenvalue weighted by atomic mass is 10.1. The average molecular weight is 224 g/mol. The van der Waals surface area contributed by atoms with E-state index in [1.165, 1.54) is 24.3 Å². The van der Waals surface area contributed by atoms with Crippen LogP contribution in [0.1, 0.15) is 34.1 Å². The fourth-order valence-electron chi connectivity index (χ4n) is 1.07. The number of hydrogen-bond donors (Lipinski definition) is 1. The molecule has 0 bridgehead atoms. The summed E-state index contributed by atoms with van der Waals surface area (Å²) in [5.41, 5.74) is 0.512. The zero-order valence-corrected chi connectivity index (χ0v) is 8.80. The van der Waals surface area contributed by atoms with Crippen LogP contribution in [0.25, 0.3) is 0 Å². The zero-order valence-electron chi connectivity index (χ0n) is 8.80. The molecule has 0 saturated carbocycles. The number of rotatable bonds is 4. The molecule has 1 rings (SSSR count). The minimum Gasteiger partial charge on any atom is -0.462 e. The first-order valence-electron chi connectivity index (χ1n) is 4.82. The molecule has 16 heavy (non-hydrogen) atoms. The van der Waals surface area contributed by atoms with E-state index >= 15 is 0 Å². The highest BCUT2D eigenvalue weighted by Crippen LogP contribution is 2.07. The smallest absolute Gasteiger partial charge is 0.372 e. The van der Waals surface area contributed by atoms with Gasteiger partial charge in [-0.1, -0.05) is 6.92 Å². The maximum Gasteiger partial charge on any atom is 0.372 e. The zero-order chi connectivity index (χ0) is 12.0. The first-order chi connectivity index (χ1) is 7.69. The molecule has 0 aliphatic carbocycles. The lowest BCUT2D eigenvalue weighted by Gasteiger charge is -2.03. The molecular formula is C11H12O5. The quantitative estimate of drug-likeness (QED) is 0.480. The SMILES string of the molecule is CCCOC(=O)c1ccc(C(=O)OO)cc1. The van der Waals surface area contributed by atoms with Crippen molar-refractivity contribution in [1.29, 1.82) is 0 Å². The van der Waals surface area contributed by atoms with Gasteiger partial charge in [-0.15, -0.1) is 0 Å². The van der Waals surface area contributed by atoms with Crippen LogP contribution in [0.4, 0.5) is 0 Å². The molecule has 5 heteroatoms. The van der Waals surface area contributed by atoms with E-state index < -0.39 is 11.9 Å². The Morgan fingerprint density at radius 2 is 1.62 bits per heavy atom. The van der Waals surface area contributed by atoms with Crippen LogP contribution in [-0.4, -0.2) is 23.8 Å². The summed E-state index contributed by atoms with van der Waals surface area (Å²) < 4.78 is 4.90. The minimum absolute atomic E-state index is 0.162. The summed E-state index contributed by atoms with van der Waals surface area (Å²) in [5.74, 6) is -1.31. The maximum absolute atomic E-state index is 11.4. The molecule has 0 unspecified atom stereocenters. The highest BCUT2D eigenvalue weighted by atomic mass is 17.1. The topological polar surface area (TPSA) is 72.8 Å². The fraction of sp³-hybridized carbons (Fsp3) is 0.273. The van der Waals surface area contributed by atoms with E-state index in [1.54, 1.807) is 0 Å². The third-order valence-corrected chi connectivity index (χ3v) is 1.88. The van der Waals surface area contributed by atoms with Crippen molar-refractivity contribution in [3.05, 3.63) is 35.4 Å². The second kappa shape index (κ2) is 5.87. The lowest BCUT2D eigenvalue weighted by Crippen LogP contribution is -2.07. The number of hydrogen-bond acceptors (Lipinski definition) is 5. The van der Waals surface area contributed by atoms with Gasteiger partial charge in [-0.25, -0.2) is 9.59 Å². The van der Waals surface area contributed by atoms with Gasteiger partial charge in [0.1, 0.15) is 0 Å². The van der Waals surface area contributed by atoms with E-state index in [4.69, 9.17) is 9.99 Å². The number of benzene rings is 1. The number of carbonyl (C=O) groups excluding carboxylic acids is 2. The van der Waals surface area contributed by atoms with Gasteiger partial charge in [0.25, 0.3) is 0 Å². The van der Waals surface area contributed by atoms with Gasteiger partial charge in [-0.3, -0.25) is 4.89 Å². The lowest BCUT2D eigenvalue weighted by molar-refractivity contribution is -0.182. The Hall–Kier alpha value is -1.88. The van der Waals surface area contributed by atoms with Gasteiger partial charge in [0.15, 0.2) is 0 Å². The van der Waals surface area contributed by atoms with Gasteiger partial charge in [-0.2, -0.15) is 5.26 Å². The molecule has 0 amide bonds. The molecule has 0 heterocycles. The van der Waals surface area contributed by atoms with Crippen molar-refractivity contribution in [3.8, 4) is 0 Å². The van der Waals surface area contributed by atoms with Gasteiger partial charge >= 0.3 is 11.9 Å². The van der Waals surface area contributed by atoms with Gasteiger partial charge in [-0.05, 0) is 30.7 Å². The Morgan fingerprint density at radius 1 is 1.12 bits per heavy atom. The van der Waals surface area contributed by atoms with Crippen molar-refractivity contribution in [2.45, 2.75) is 13.3 Å². The molecule has 0 fully saturated rings. The van der Waals surface area contributed by atoms with E-state index in [0.29, 0.717) is 12.2 Å². The van der Waals surface area contributed by atoms with Crippen molar-refractivity contribution in [2.24, 2.45) is 0 Å². The van der Waals surface area contributed by atoms with Crippen LogP contribution in [0.5, 0.6) is 0 Å². The third kappa shape index (κ3) is 3.06. The van der Waals surface area contributed by atoms with Crippen molar-refractivity contribution in [2.75, 3.05) is 6.61 Å². The van der Waals surface area contributed by atoms with Gasteiger partial charge < -0.3 is 4.74 Å². The monoisotopic (exact) mass is 224 g/mol. The van der Waals surface area contributed by atoms with Crippen molar-refractivity contribution < 1.29 is 24.5 Å². The first-order valence-corrected chi connectivity index (χ1v) is 4.82. The van der Waals surface area contributed by atoms with Crippen molar-refractivity contribution >= 4 is 11.9 Å². The number of carbonyl (C=O) groups is 2. The van der Waals surface area contributed by atoms with Crippen LogP contribution in [-0.2, 0) is 9.62 Å². The van der Waals surface area contributed by atoms with Gasteiger partial charge in [0.05, 0.1) is 17.7 Å². The molecule has 1 aromatic rings. The molecule has 1 N–H and O–H groups in total. The minimum atomic E-state index is -0.867. The van der Waals surface area contributed by atoms with Gasteiger partial charge in [0.2, 0.25) is 0 Å². The largest absolute Gasteiger partial charge is 0.462 e. The Bertz CT molecular complexity index is 368. The van der Waals surface area contributed by atoms with Crippen LogP contribution in [0, 0.1) is 0 Å². The predicted octanol–water partition coefficient (Wildman–Crippen LogP) is 1.88. The normalized spacial score (nSPS) is 9.62. The summed E-state index contributed by atoms with van der Waals surface area (Å²) in [6.07, 6.45) is 0.751. The Balaban J connectivity index is 2.71. The molecule has 0 spiro atoms. The molecule has 86 valence electrons. The molecule has 0 aromatic heterocycles. The summed E-state index contributed by atoms with van der Waals surface area (Å²) >= 11 is 0. The first kappa shape index (κ1) is 12.2.